The van der Waals surface area contributed by atoms with Crippen molar-refractivity contribution < 1.29 is 0 Å². The lowest BCUT2D eigenvalue weighted by molar-refractivity contribution is 0.550. The Bertz CT molecular complexity index is 1710. The second-order valence-electron chi connectivity index (χ2n) is 13.2. The van der Waals surface area contributed by atoms with Crippen LogP contribution < -0.4 is 0 Å². The molecule has 0 N–H and O–H groups in total. The van der Waals surface area contributed by atoms with Crippen molar-refractivity contribution in [3.05, 3.63) is 123 Å². The van der Waals surface area contributed by atoms with E-state index in [2.05, 4.69) is 141 Å². The number of hydrogen-bond acceptors (Lipinski definition) is 0. The van der Waals surface area contributed by atoms with Crippen molar-refractivity contribution in [1.82, 2.24) is 0 Å². The van der Waals surface area contributed by atoms with Gasteiger partial charge in [-0.15, -0.1) is 0 Å². The van der Waals surface area contributed by atoms with Gasteiger partial charge in [-0.05, 0) is 111 Å². The van der Waals surface area contributed by atoms with Gasteiger partial charge in [0.2, 0.25) is 0 Å². The molecule has 0 aliphatic heterocycles. The first-order valence-electron chi connectivity index (χ1n) is 15.2. The molecule has 0 bridgehead atoms. The summed E-state index contributed by atoms with van der Waals surface area (Å²) >= 11 is 0. The number of allylic oxidation sites excluding steroid dienone is 4. The third kappa shape index (κ3) is 3.87. The highest BCUT2D eigenvalue weighted by atomic mass is 14.4. The Labute approximate surface area is 241 Å². The van der Waals surface area contributed by atoms with Gasteiger partial charge in [0.1, 0.15) is 0 Å². The largest absolute Gasteiger partial charge is 0.0870 e. The summed E-state index contributed by atoms with van der Waals surface area (Å²) in [5.74, 6) is 1.94. The van der Waals surface area contributed by atoms with Gasteiger partial charge in [0.25, 0.3) is 0 Å². The predicted molar refractivity (Wildman–Crippen MR) is 175 cm³/mol. The minimum atomic E-state index is -0.0107. The molecule has 0 fully saturated rings. The monoisotopic (exact) mass is 524 g/mol. The fourth-order valence-corrected chi connectivity index (χ4v) is 7.62. The molecule has 4 aromatic carbocycles. The molecule has 4 atom stereocenters. The molecule has 2 aliphatic carbocycles. The third-order valence-electron chi connectivity index (χ3n) is 10.8. The second kappa shape index (κ2) is 9.62. The van der Waals surface area contributed by atoms with Crippen LogP contribution in [0, 0.1) is 12.8 Å². The van der Waals surface area contributed by atoms with Crippen LogP contribution in [0.25, 0.3) is 27.5 Å². The molecule has 0 heterocycles. The van der Waals surface area contributed by atoms with Crippen LogP contribution in [0.4, 0.5) is 0 Å². The zero-order chi connectivity index (χ0) is 28.5. The van der Waals surface area contributed by atoms with Crippen molar-refractivity contribution in [1.29, 1.82) is 0 Å². The summed E-state index contributed by atoms with van der Waals surface area (Å²) in [7, 11) is 0. The molecule has 0 aromatic heterocycles. The maximum atomic E-state index is 2.53. The van der Waals surface area contributed by atoms with E-state index in [4.69, 9.17) is 0 Å². The SMILES string of the molecule is C/C=C\C1=C(C)C(C)C(C)c2cc(C(C)C(C)c3ccc4c(c3)C(C)(C)c3cc(C)c5ccccc5c3-4)ccc21. The van der Waals surface area contributed by atoms with Crippen LogP contribution in [0.15, 0.2) is 84.5 Å². The maximum absolute atomic E-state index is 2.53. The number of rotatable bonds is 4. The molecule has 204 valence electrons. The molecule has 4 unspecified atom stereocenters. The van der Waals surface area contributed by atoms with E-state index >= 15 is 0 Å². The van der Waals surface area contributed by atoms with E-state index in [9.17, 15) is 0 Å². The van der Waals surface area contributed by atoms with E-state index in [0.717, 1.165) is 0 Å². The summed E-state index contributed by atoms with van der Waals surface area (Å²) in [5, 5.41) is 2.76. The standard InChI is InChI=1S/C40H44/c1-10-13-32-27(6)24(3)28(7)36-21-29(16-18-33(32)36)25(4)26(5)30-17-19-35-37(22-30)40(8,9)38-20-23(2)31-14-11-12-15-34(31)39(35)38/h10-22,24-26,28H,1-9H3/b13-10-. The van der Waals surface area contributed by atoms with Gasteiger partial charge in [-0.3, -0.25) is 0 Å². The summed E-state index contributed by atoms with van der Waals surface area (Å²) < 4.78 is 0. The van der Waals surface area contributed by atoms with E-state index in [1.54, 1.807) is 0 Å². The van der Waals surface area contributed by atoms with Crippen molar-refractivity contribution in [2.45, 2.75) is 85.5 Å². The Morgan fingerprint density at radius 3 is 2.02 bits per heavy atom. The molecular formula is C40H44. The molecule has 4 aromatic rings. The smallest absolute Gasteiger partial charge is 0.0159 e. The quantitative estimate of drug-likeness (QED) is 0.249. The van der Waals surface area contributed by atoms with Gasteiger partial charge in [-0.2, -0.15) is 0 Å². The average Bonchev–Trinajstić information content (AvgIpc) is 3.19. The van der Waals surface area contributed by atoms with Gasteiger partial charge in [-0.1, -0.05) is 126 Å². The topological polar surface area (TPSA) is 0 Å². The Morgan fingerprint density at radius 2 is 1.35 bits per heavy atom. The van der Waals surface area contributed by atoms with Gasteiger partial charge >= 0.3 is 0 Å². The molecule has 40 heavy (non-hydrogen) atoms. The number of fused-ring (bicyclic) bond motifs is 6. The first kappa shape index (κ1) is 26.8. The van der Waals surface area contributed by atoms with Gasteiger partial charge in [0.05, 0.1) is 0 Å². The summed E-state index contributed by atoms with van der Waals surface area (Å²) in [6.45, 7) is 21.2. The number of benzene rings is 4. The number of aryl methyl sites for hydroxylation is 1. The van der Waals surface area contributed by atoms with Crippen LogP contribution in [0.2, 0.25) is 0 Å². The molecule has 0 saturated carbocycles. The van der Waals surface area contributed by atoms with E-state index in [1.165, 1.54) is 72.0 Å². The van der Waals surface area contributed by atoms with Crippen LogP contribution >= 0.6 is 0 Å². The lowest BCUT2D eigenvalue weighted by Gasteiger charge is -2.33. The minimum Gasteiger partial charge on any atom is -0.0870 e. The summed E-state index contributed by atoms with van der Waals surface area (Å²) in [4.78, 5) is 0. The fraction of sp³-hybridized carbons (Fsp3) is 0.350. The van der Waals surface area contributed by atoms with Crippen LogP contribution in [-0.2, 0) is 5.41 Å². The van der Waals surface area contributed by atoms with Crippen molar-refractivity contribution in [3.63, 3.8) is 0 Å². The summed E-state index contributed by atoms with van der Waals surface area (Å²) in [6, 6.07) is 26.0. The first-order valence-corrected chi connectivity index (χ1v) is 15.2. The van der Waals surface area contributed by atoms with E-state index in [0.29, 0.717) is 23.7 Å². The van der Waals surface area contributed by atoms with E-state index in [-0.39, 0.29) is 5.41 Å². The molecule has 0 amide bonds. The van der Waals surface area contributed by atoms with Crippen LogP contribution in [-0.4, -0.2) is 0 Å². The Morgan fingerprint density at radius 1 is 0.725 bits per heavy atom. The van der Waals surface area contributed by atoms with E-state index in [1.807, 2.05) is 0 Å². The van der Waals surface area contributed by atoms with Gasteiger partial charge < -0.3 is 0 Å². The van der Waals surface area contributed by atoms with E-state index < -0.39 is 0 Å². The van der Waals surface area contributed by atoms with Crippen molar-refractivity contribution in [2.75, 3.05) is 0 Å². The van der Waals surface area contributed by atoms with Crippen LogP contribution in [0.5, 0.6) is 0 Å². The average molecular weight is 525 g/mol. The minimum absolute atomic E-state index is 0.0107. The zero-order valence-corrected chi connectivity index (χ0v) is 25.8. The maximum Gasteiger partial charge on any atom is 0.0159 e. The molecule has 2 aliphatic rings. The van der Waals surface area contributed by atoms with Crippen LogP contribution in [0.1, 0.15) is 112 Å². The highest BCUT2D eigenvalue weighted by molar-refractivity contribution is 6.03. The fourth-order valence-electron chi connectivity index (χ4n) is 7.62. The number of hydrogen-bond donors (Lipinski definition) is 0. The Balaban J connectivity index is 1.39. The highest BCUT2D eigenvalue weighted by Gasteiger charge is 2.37. The van der Waals surface area contributed by atoms with Crippen molar-refractivity contribution in [3.8, 4) is 11.1 Å². The molecule has 0 spiro atoms. The van der Waals surface area contributed by atoms with Gasteiger partial charge in [-0.25, -0.2) is 0 Å². The Hall–Kier alpha value is -3.38. The lowest BCUT2D eigenvalue weighted by Crippen LogP contribution is -2.17. The molecular weight excluding hydrogens is 480 g/mol. The predicted octanol–water partition coefficient (Wildman–Crippen LogP) is 11.5. The first-order chi connectivity index (χ1) is 19.1. The third-order valence-corrected chi connectivity index (χ3v) is 10.8. The normalized spacial score (nSPS) is 20.9. The molecule has 0 heteroatoms. The van der Waals surface area contributed by atoms with Gasteiger partial charge in [0, 0.05) is 5.41 Å². The van der Waals surface area contributed by atoms with Crippen molar-refractivity contribution in [2.24, 2.45) is 5.92 Å². The lowest BCUT2D eigenvalue weighted by atomic mass is 9.72. The van der Waals surface area contributed by atoms with Crippen molar-refractivity contribution >= 4 is 16.3 Å². The second-order valence-corrected chi connectivity index (χ2v) is 13.2. The molecule has 0 saturated heterocycles. The summed E-state index contributed by atoms with van der Waals surface area (Å²) in [5.41, 5.74) is 15.9. The zero-order valence-electron chi connectivity index (χ0n) is 25.8. The molecule has 0 nitrogen and oxygen atoms in total. The molecule has 6 rings (SSSR count). The summed E-state index contributed by atoms with van der Waals surface area (Å²) in [6.07, 6.45) is 4.49. The van der Waals surface area contributed by atoms with Gasteiger partial charge in [0.15, 0.2) is 0 Å². The highest BCUT2D eigenvalue weighted by Crippen LogP contribution is 2.53. The van der Waals surface area contributed by atoms with Crippen LogP contribution in [0.3, 0.4) is 0 Å². The molecule has 0 radical (unpaired) electrons. The Kier molecular flexibility index (Phi) is 6.45.